The molecule has 2 aromatic carbocycles. The molecule has 2 N–H and O–H groups in total. The van der Waals surface area contributed by atoms with Crippen molar-refractivity contribution in [3.8, 4) is 0 Å². The molecule has 3 aliphatic rings. The van der Waals surface area contributed by atoms with Crippen LogP contribution < -0.4 is 15.1 Å². The van der Waals surface area contributed by atoms with Gasteiger partial charge in [-0.1, -0.05) is 56.3 Å². The first-order chi connectivity index (χ1) is 25.5. The van der Waals surface area contributed by atoms with E-state index >= 15 is 4.79 Å². The third-order valence-electron chi connectivity index (χ3n) is 11.0. The number of nitrogens with zero attached hydrogens (tertiary/aromatic N) is 3. The molecule has 1 spiro atoms. The Labute approximate surface area is 314 Å². The molecule has 0 aliphatic carbocycles. The predicted octanol–water partition coefficient (Wildman–Crippen LogP) is 5.20. The zero-order valence-electron chi connectivity index (χ0n) is 31.6. The zero-order valence-corrected chi connectivity index (χ0v) is 31.6. The third kappa shape index (κ3) is 8.06. The molecule has 11 nitrogen and oxygen atoms in total. The van der Waals surface area contributed by atoms with E-state index in [4.69, 9.17) is 9.47 Å². The van der Waals surface area contributed by atoms with Crippen molar-refractivity contribution in [2.75, 3.05) is 42.6 Å². The quantitative estimate of drug-likeness (QED) is 0.149. The highest BCUT2D eigenvalue weighted by Gasteiger charge is 2.75. The number of nitrogens with one attached hydrogen (secondary N) is 1. The molecule has 3 amide bonds. The number of esters is 1. The van der Waals surface area contributed by atoms with E-state index in [1.54, 1.807) is 17.1 Å². The summed E-state index contributed by atoms with van der Waals surface area (Å²) in [5, 5.41) is 13.8. The van der Waals surface area contributed by atoms with Gasteiger partial charge in [-0.25, -0.2) is 0 Å². The molecule has 0 aromatic heterocycles. The summed E-state index contributed by atoms with van der Waals surface area (Å²) in [4.78, 5) is 62.2. The van der Waals surface area contributed by atoms with E-state index in [0.717, 1.165) is 24.3 Å². The molecule has 53 heavy (non-hydrogen) atoms. The Morgan fingerprint density at radius 1 is 1.06 bits per heavy atom. The average Bonchev–Trinajstić information content (AvgIpc) is 3.81. The second kappa shape index (κ2) is 17.6. The number of anilines is 2. The van der Waals surface area contributed by atoms with Gasteiger partial charge >= 0.3 is 5.97 Å². The number of fused-ring (bicyclic) bond motifs is 1. The van der Waals surface area contributed by atoms with Crippen molar-refractivity contribution in [2.24, 2.45) is 17.8 Å². The van der Waals surface area contributed by atoms with Gasteiger partial charge in [0.05, 0.1) is 36.6 Å². The Bertz CT molecular complexity index is 1610. The molecular formula is C42H56N4O7. The van der Waals surface area contributed by atoms with Gasteiger partial charge in [-0.3, -0.25) is 19.2 Å². The number of hydrogen-bond acceptors (Lipinski definition) is 8. The summed E-state index contributed by atoms with van der Waals surface area (Å²) < 4.78 is 12.3. The van der Waals surface area contributed by atoms with Crippen molar-refractivity contribution in [2.45, 2.75) is 89.6 Å². The maximum absolute atomic E-state index is 15.1. The van der Waals surface area contributed by atoms with Crippen LogP contribution in [-0.4, -0.2) is 90.3 Å². The summed E-state index contributed by atoms with van der Waals surface area (Å²) in [5.41, 5.74) is 1.15. The summed E-state index contributed by atoms with van der Waals surface area (Å²) in [6.07, 6.45) is 4.71. The minimum Gasteiger partial charge on any atom is -0.463 e. The Morgan fingerprint density at radius 2 is 1.74 bits per heavy atom. The van der Waals surface area contributed by atoms with Gasteiger partial charge in [0.15, 0.2) is 0 Å². The molecule has 3 heterocycles. The lowest BCUT2D eigenvalue weighted by Gasteiger charge is -2.39. The van der Waals surface area contributed by atoms with E-state index in [1.165, 1.54) is 4.90 Å². The second-order valence-corrected chi connectivity index (χ2v) is 14.7. The largest absolute Gasteiger partial charge is 0.463 e. The average molecular weight is 729 g/mol. The molecule has 5 rings (SSSR count). The number of benzene rings is 2. The lowest BCUT2D eigenvalue weighted by Crippen LogP contribution is -2.59. The fraction of sp³-hybridized carbons (Fsp3) is 0.524. The van der Waals surface area contributed by atoms with Crippen molar-refractivity contribution >= 4 is 35.1 Å². The predicted molar refractivity (Wildman–Crippen MR) is 205 cm³/mol. The van der Waals surface area contributed by atoms with E-state index in [9.17, 15) is 19.5 Å². The number of rotatable bonds is 19. The molecule has 3 fully saturated rings. The first-order valence-electron chi connectivity index (χ1n) is 19.0. The van der Waals surface area contributed by atoms with Crippen LogP contribution in [-0.2, 0) is 28.7 Å². The smallest absolute Gasteiger partial charge is 0.306 e. The molecule has 11 heteroatoms. The fourth-order valence-electron chi connectivity index (χ4n) is 8.56. The van der Waals surface area contributed by atoms with Crippen LogP contribution in [0.4, 0.5) is 11.4 Å². The summed E-state index contributed by atoms with van der Waals surface area (Å²) in [7, 11) is 0. The van der Waals surface area contributed by atoms with Crippen molar-refractivity contribution in [3.05, 3.63) is 85.5 Å². The van der Waals surface area contributed by atoms with Crippen LogP contribution in [0.3, 0.4) is 0 Å². The molecule has 286 valence electrons. The molecule has 0 radical (unpaired) electrons. The summed E-state index contributed by atoms with van der Waals surface area (Å²) >= 11 is 0. The van der Waals surface area contributed by atoms with Crippen molar-refractivity contribution in [1.29, 1.82) is 0 Å². The van der Waals surface area contributed by atoms with E-state index in [1.807, 2.05) is 68.4 Å². The summed E-state index contributed by atoms with van der Waals surface area (Å²) in [5.74, 6) is -3.24. The summed E-state index contributed by atoms with van der Waals surface area (Å²) in [6, 6.07) is 14.6. The highest BCUT2D eigenvalue weighted by Crippen LogP contribution is 2.59. The maximum atomic E-state index is 15.1. The van der Waals surface area contributed by atoms with Gasteiger partial charge < -0.3 is 34.6 Å². The van der Waals surface area contributed by atoms with E-state index in [0.29, 0.717) is 31.4 Å². The summed E-state index contributed by atoms with van der Waals surface area (Å²) in [6.45, 7) is 17.2. The standard InChI is InChI=1S/C42H56N4O7/c1-7-11-17-35(48)52-27-33(29-15-13-12-14-16-29)43-39(49)36-34-22-23-42(53-34)37(36)40(50)46(32(26-47)25-28(5)6)38(42)41(51)45(24-8-2)31-20-18-30(19-21-31)44(9-3)10-4/h7-8,12-16,18-21,28,32-34,36-38,47H,1-2,9-11,17,22-27H2,3-6H3,(H,43,49)/t32-,33+,34-,36+,37+,38-,42+/m1/s1. The highest BCUT2D eigenvalue weighted by molar-refractivity contribution is 6.05. The first-order valence-corrected chi connectivity index (χ1v) is 19.0. The lowest BCUT2D eigenvalue weighted by molar-refractivity contribution is -0.146. The third-order valence-corrected chi connectivity index (χ3v) is 11.0. The van der Waals surface area contributed by atoms with E-state index < -0.39 is 53.5 Å². The minimum absolute atomic E-state index is 0.0918. The van der Waals surface area contributed by atoms with Crippen molar-refractivity contribution < 1.29 is 33.8 Å². The number of hydrogen-bond donors (Lipinski definition) is 2. The number of aliphatic hydroxyl groups is 1. The van der Waals surface area contributed by atoms with E-state index in [2.05, 4.69) is 37.2 Å². The minimum atomic E-state index is -1.27. The van der Waals surface area contributed by atoms with Gasteiger partial charge in [0.1, 0.15) is 18.2 Å². The Kier molecular flexibility index (Phi) is 13.2. The van der Waals surface area contributed by atoms with Crippen LogP contribution in [0, 0.1) is 17.8 Å². The van der Waals surface area contributed by atoms with Gasteiger partial charge in [-0.05, 0) is 75.3 Å². The Hall–Kier alpha value is -4.48. The van der Waals surface area contributed by atoms with Crippen LogP contribution in [0.2, 0.25) is 0 Å². The van der Waals surface area contributed by atoms with E-state index in [-0.39, 0.29) is 43.9 Å². The lowest BCUT2D eigenvalue weighted by atomic mass is 9.70. The van der Waals surface area contributed by atoms with Crippen molar-refractivity contribution in [1.82, 2.24) is 10.2 Å². The first kappa shape index (κ1) is 39.7. The molecule has 2 bridgehead atoms. The van der Waals surface area contributed by atoms with Gasteiger partial charge in [0.2, 0.25) is 11.8 Å². The highest BCUT2D eigenvalue weighted by atomic mass is 16.5. The maximum Gasteiger partial charge on any atom is 0.306 e. The normalized spacial score (nSPS) is 24.0. The molecule has 3 aliphatic heterocycles. The number of carbonyl (C=O) groups is 4. The topological polar surface area (TPSA) is 129 Å². The number of amides is 3. The van der Waals surface area contributed by atoms with Gasteiger partial charge in [0.25, 0.3) is 5.91 Å². The molecule has 2 aromatic rings. The molecule has 7 atom stereocenters. The zero-order chi connectivity index (χ0) is 38.3. The van der Waals surface area contributed by atoms with Gasteiger partial charge in [-0.15, -0.1) is 13.2 Å². The Balaban J connectivity index is 1.50. The molecule has 3 saturated heterocycles. The van der Waals surface area contributed by atoms with Gasteiger partial charge in [0, 0.05) is 37.4 Å². The SMILES string of the molecule is C=CCCC(=O)OC[C@H](NC(=O)[C@@H]1[C@H]2C(=O)N([C@@H](CO)CC(C)C)[C@H](C(=O)N(CC=C)c3ccc(N(CC)CC)cc3)[C@]23CC[C@H]1O3)c1ccccc1. The Morgan fingerprint density at radius 3 is 2.34 bits per heavy atom. The second-order valence-electron chi connectivity index (χ2n) is 14.7. The van der Waals surface area contributed by atoms with Crippen LogP contribution >= 0.6 is 0 Å². The number of aliphatic hydroxyl groups excluding tert-OH is 1. The number of likely N-dealkylation sites (tertiary alicyclic amines) is 1. The van der Waals surface area contributed by atoms with Crippen LogP contribution in [0.25, 0.3) is 0 Å². The monoisotopic (exact) mass is 728 g/mol. The van der Waals surface area contributed by atoms with Crippen molar-refractivity contribution in [3.63, 3.8) is 0 Å². The molecule has 0 saturated carbocycles. The fourth-order valence-corrected chi connectivity index (χ4v) is 8.56. The number of carbonyl (C=O) groups excluding carboxylic acids is 4. The molecule has 0 unspecified atom stereocenters. The number of allylic oxidation sites excluding steroid dienone is 1. The van der Waals surface area contributed by atoms with Gasteiger partial charge in [-0.2, -0.15) is 0 Å². The van der Waals surface area contributed by atoms with Crippen LogP contribution in [0.1, 0.15) is 71.4 Å². The number of ether oxygens (including phenoxy) is 2. The van der Waals surface area contributed by atoms with Crippen LogP contribution in [0.5, 0.6) is 0 Å². The molecular weight excluding hydrogens is 672 g/mol. The van der Waals surface area contributed by atoms with Crippen LogP contribution in [0.15, 0.2) is 79.9 Å².